The lowest BCUT2D eigenvalue weighted by Gasteiger charge is -2.23. The van der Waals surface area contributed by atoms with Crippen molar-refractivity contribution in [3.8, 4) is 0 Å². The van der Waals surface area contributed by atoms with E-state index >= 15 is 0 Å². The first kappa shape index (κ1) is 19.7. The minimum atomic E-state index is -0.941. The minimum absolute atomic E-state index is 0.240. The summed E-state index contributed by atoms with van der Waals surface area (Å²) in [5, 5.41) is 2.52. The number of nitrogens with one attached hydrogen (secondary N) is 1. The van der Waals surface area contributed by atoms with Crippen LogP contribution in [0.25, 0.3) is 0 Å². The van der Waals surface area contributed by atoms with Gasteiger partial charge in [0.2, 0.25) is 0 Å². The fourth-order valence-corrected chi connectivity index (χ4v) is 1.83. The average molecular weight is 335 g/mol. The van der Waals surface area contributed by atoms with E-state index in [0.717, 1.165) is 5.56 Å². The van der Waals surface area contributed by atoms with Crippen molar-refractivity contribution in [1.29, 1.82) is 0 Å². The van der Waals surface area contributed by atoms with Gasteiger partial charge in [-0.05, 0) is 40.2 Å². The van der Waals surface area contributed by atoms with Gasteiger partial charge in [0.05, 0.1) is 0 Å². The van der Waals surface area contributed by atoms with Crippen molar-refractivity contribution in [3.05, 3.63) is 35.9 Å². The third-order valence-electron chi connectivity index (χ3n) is 3.12. The number of carbonyl (C=O) groups excluding carboxylic acids is 3. The number of carbonyl (C=O) groups is 3. The summed E-state index contributed by atoms with van der Waals surface area (Å²) in [6, 6.07) is 8.27. The van der Waals surface area contributed by atoms with E-state index in [-0.39, 0.29) is 12.2 Å². The van der Waals surface area contributed by atoms with Gasteiger partial charge in [0, 0.05) is 6.42 Å². The fraction of sp³-hybridized carbons (Fsp3) is 0.500. The standard InChI is InChI=1S/C18H25NO5/c1-12(20)13(2)23-16(21)15(11-14-9-7-6-8-10-14)19-17(22)24-18(3,4)5/h6-10,13,15H,11H2,1-5H3,(H,19,22)/t13?,15-/m1/s1. The molecule has 0 saturated carbocycles. The summed E-state index contributed by atoms with van der Waals surface area (Å²) in [7, 11) is 0. The van der Waals surface area contributed by atoms with E-state index < -0.39 is 29.8 Å². The van der Waals surface area contributed by atoms with E-state index in [0.29, 0.717) is 0 Å². The second-order valence-electron chi connectivity index (χ2n) is 6.58. The molecule has 0 aliphatic carbocycles. The number of hydrogen-bond acceptors (Lipinski definition) is 5. The lowest BCUT2D eigenvalue weighted by atomic mass is 10.1. The van der Waals surface area contributed by atoms with Crippen LogP contribution in [0.1, 0.15) is 40.2 Å². The van der Waals surface area contributed by atoms with E-state index in [1.54, 1.807) is 20.8 Å². The highest BCUT2D eigenvalue weighted by atomic mass is 16.6. The highest BCUT2D eigenvalue weighted by Gasteiger charge is 2.27. The number of alkyl carbamates (subject to hydrolysis) is 1. The van der Waals surface area contributed by atoms with Gasteiger partial charge in [-0.15, -0.1) is 0 Å². The van der Waals surface area contributed by atoms with Gasteiger partial charge in [-0.2, -0.15) is 0 Å². The average Bonchev–Trinajstić information content (AvgIpc) is 2.45. The van der Waals surface area contributed by atoms with Crippen LogP contribution in [0.3, 0.4) is 0 Å². The zero-order chi connectivity index (χ0) is 18.3. The Balaban J connectivity index is 2.84. The molecule has 0 aliphatic rings. The molecule has 0 heterocycles. The Labute approximate surface area is 142 Å². The van der Waals surface area contributed by atoms with Crippen molar-refractivity contribution >= 4 is 17.8 Å². The lowest BCUT2D eigenvalue weighted by Crippen LogP contribution is -2.46. The summed E-state index contributed by atoms with van der Waals surface area (Å²) in [5.74, 6) is -0.938. The molecular formula is C18H25NO5. The lowest BCUT2D eigenvalue weighted by molar-refractivity contribution is -0.155. The Kier molecular flexibility index (Phi) is 6.95. The molecule has 2 atom stereocenters. The Hall–Kier alpha value is -2.37. The molecule has 0 fully saturated rings. The summed E-state index contributed by atoms with van der Waals surface area (Å²) in [6.45, 7) is 8.03. The van der Waals surface area contributed by atoms with Gasteiger partial charge in [-0.3, -0.25) is 4.79 Å². The maximum atomic E-state index is 12.3. The van der Waals surface area contributed by atoms with Crippen LogP contribution in [0.5, 0.6) is 0 Å². The summed E-state index contributed by atoms with van der Waals surface area (Å²) in [5.41, 5.74) is 0.170. The number of ketones is 1. The third kappa shape index (κ3) is 7.26. The van der Waals surface area contributed by atoms with E-state index in [4.69, 9.17) is 9.47 Å². The molecule has 132 valence electrons. The highest BCUT2D eigenvalue weighted by Crippen LogP contribution is 2.10. The van der Waals surface area contributed by atoms with Gasteiger partial charge in [-0.1, -0.05) is 30.3 Å². The zero-order valence-electron chi connectivity index (χ0n) is 14.8. The van der Waals surface area contributed by atoms with Crippen LogP contribution in [0.2, 0.25) is 0 Å². The predicted molar refractivity (Wildman–Crippen MR) is 89.5 cm³/mol. The number of ether oxygens (including phenoxy) is 2. The molecule has 1 aromatic carbocycles. The van der Waals surface area contributed by atoms with Crippen LogP contribution >= 0.6 is 0 Å². The smallest absolute Gasteiger partial charge is 0.408 e. The molecule has 1 unspecified atom stereocenters. The molecule has 0 aromatic heterocycles. The number of amides is 1. The normalized spacial score (nSPS) is 13.5. The van der Waals surface area contributed by atoms with Crippen LogP contribution < -0.4 is 5.32 Å². The quantitative estimate of drug-likeness (QED) is 0.808. The second-order valence-corrected chi connectivity index (χ2v) is 6.58. The summed E-state index contributed by atoms with van der Waals surface area (Å²) in [6.07, 6.45) is -1.34. The number of benzene rings is 1. The molecule has 0 spiro atoms. The molecule has 24 heavy (non-hydrogen) atoms. The van der Waals surface area contributed by atoms with Crippen molar-refractivity contribution in [1.82, 2.24) is 5.32 Å². The van der Waals surface area contributed by atoms with Crippen LogP contribution in [0.4, 0.5) is 4.79 Å². The molecule has 0 bridgehead atoms. The van der Waals surface area contributed by atoms with Crippen molar-refractivity contribution < 1.29 is 23.9 Å². The summed E-state index contributed by atoms with van der Waals surface area (Å²) >= 11 is 0. The van der Waals surface area contributed by atoms with Crippen LogP contribution in [0.15, 0.2) is 30.3 Å². The van der Waals surface area contributed by atoms with E-state index in [2.05, 4.69) is 5.32 Å². The minimum Gasteiger partial charge on any atom is -0.453 e. The highest BCUT2D eigenvalue weighted by molar-refractivity contribution is 5.86. The number of esters is 1. The second kappa shape index (κ2) is 8.47. The van der Waals surface area contributed by atoms with Crippen molar-refractivity contribution in [2.75, 3.05) is 0 Å². The molecule has 1 N–H and O–H groups in total. The van der Waals surface area contributed by atoms with E-state index in [9.17, 15) is 14.4 Å². The monoisotopic (exact) mass is 335 g/mol. The maximum Gasteiger partial charge on any atom is 0.408 e. The number of Topliss-reactive ketones (excluding diaryl/α,β-unsaturated/α-hetero) is 1. The molecule has 0 aliphatic heterocycles. The first-order valence-corrected chi connectivity index (χ1v) is 7.83. The van der Waals surface area contributed by atoms with Gasteiger partial charge >= 0.3 is 12.1 Å². The molecule has 1 aromatic rings. The zero-order valence-corrected chi connectivity index (χ0v) is 14.8. The summed E-state index contributed by atoms with van der Waals surface area (Å²) in [4.78, 5) is 35.6. The van der Waals surface area contributed by atoms with Crippen LogP contribution in [0, 0.1) is 0 Å². The topological polar surface area (TPSA) is 81.7 Å². The fourth-order valence-electron chi connectivity index (χ4n) is 1.83. The predicted octanol–water partition coefficient (Wildman–Crippen LogP) is 2.64. The van der Waals surface area contributed by atoms with Gasteiger partial charge in [0.1, 0.15) is 11.6 Å². The Morgan fingerprint density at radius 3 is 2.21 bits per heavy atom. The molecule has 1 amide bonds. The maximum absolute atomic E-state index is 12.3. The Morgan fingerprint density at radius 2 is 1.71 bits per heavy atom. The molecule has 1 rings (SSSR count). The first-order valence-electron chi connectivity index (χ1n) is 7.83. The van der Waals surface area contributed by atoms with Crippen molar-refractivity contribution in [2.24, 2.45) is 0 Å². The third-order valence-corrected chi connectivity index (χ3v) is 3.12. The van der Waals surface area contributed by atoms with Crippen LogP contribution in [-0.4, -0.2) is 35.6 Å². The molecule has 6 nitrogen and oxygen atoms in total. The van der Waals surface area contributed by atoms with Gasteiger partial charge in [0.25, 0.3) is 0 Å². The molecule has 0 saturated heterocycles. The van der Waals surface area contributed by atoms with Gasteiger partial charge in [0.15, 0.2) is 11.9 Å². The van der Waals surface area contributed by atoms with E-state index in [1.807, 2.05) is 30.3 Å². The Morgan fingerprint density at radius 1 is 1.12 bits per heavy atom. The van der Waals surface area contributed by atoms with Crippen LogP contribution in [-0.2, 0) is 25.5 Å². The first-order chi connectivity index (χ1) is 11.1. The van der Waals surface area contributed by atoms with Crippen molar-refractivity contribution in [3.63, 3.8) is 0 Å². The summed E-state index contributed by atoms with van der Waals surface area (Å²) < 4.78 is 10.3. The molecule has 0 radical (unpaired) electrons. The number of rotatable bonds is 6. The van der Waals surface area contributed by atoms with Crippen molar-refractivity contribution in [2.45, 2.75) is 58.8 Å². The molecular weight excluding hydrogens is 310 g/mol. The number of hydrogen-bond donors (Lipinski definition) is 1. The van der Waals surface area contributed by atoms with E-state index in [1.165, 1.54) is 13.8 Å². The SMILES string of the molecule is CC(=O)C(C)OC(=O)[C@@H](Cc1ccccc1)NC(=O)OC(C)(C)C. The largest absolute Gasteiger partial charge is 0.453 e. The van der Waals surface area contributed by atoms with Gasteiger partial charge < -0.3 is 14.8 Å². The van der Waals surface area contributed by atoms with Gasteiger partial charge in [-0.25, -0.2) is 9.59 Å². The molecule has 6 heteroatoms. The Bertz CT molecular complexity index is 577.